The number of thiophene rings is 1. The molecule has 1 saturated heterocycles. The number of carbonyl (C=O) groups excluding carboxylic acids is 1. The smallest absolute Gasteiger partial charge is 0.232 e. The van der Waals surface area contributed by atoms with Gasteiger partial charge in [-0.05, 0) is 42.8 Å². The summed E-state index contributed by atoms with van der Waals surface area (Å²) in [5, 5.41) is 22.9. The molecular weight excluding hydrogens is 356 g/mol. The summed E-state index contributed by atoms with van der Waals surface area (Å²) in [6.45, 7) is 1.81. The van der Waals surface area contributed by atoms with Crippen LogP contribution in [0.2, 0.25) is 0 Å². The quantitative estimate of drug-likeness (QED) is 0.641. The minimum Gasteiger partial charge on any atom is -0.334 e. The second kappa shape index (κ2) is 6.12. The molecule has 5 nitrogen and oxygen atoms in total. The van der Waals surface area contributed by atoms with Gasteiger partial charge in [-0.2, -0.15) is 5.26 Å². The Bertz CT molecular complexity index is 1200. The minimum absolute atomic E-state index is 0.0114. The maximum atomic E-state index is 12.3. The van der Waals surface area contributed by atoms with Crippen molar-refractivity contribution in [3.8, 4) is 17.9 Å². The van der Waals surface area contributed by atoms with Crippen LogP contribution in [-0.2, 0) is 10.3 Å². The van der Waals surface area contributed by atoms with E-state index < -0.39 is 5.54 Å². The maximum absolute atomic E-state index is 12.3. The van der Waals surface area contributed by atoms with E-state index in [0.29, 0.717) is 5.56 Å². The van der Waals surface area contributed by atoms with Crippen molar-refractivity contribution in [2.24, 2.45) is 0 Å². The highest BCUT2D eigenvalue weighted by Gasteiger charge is 2.42. The molecule has 0 spiro atoms. The molecule has 2 N–H and O–H groups in total. The summed E-state index contributed by atoms with van der Waals surface area (Å²) in [6.07, 6.45) is -0.0114. The normalized spacial score (nSPS) is 19.5. The summed E-state index contributed by atoms with van der Waals surface area (Å²) < 4.78 is 2.26. The summed E-state index contributed by atoms with van der Waals surface area (Å²) in [7, 11) is 1.53. The van der Waals surface area contributed by atoms with Crippen molar-refractivity contribution in [3.05, 3.63) is 47.5 Å². The predicted molar refractivity (Wildman–Crippen MR) is 107 cm³/mol. The average Bonchev–Trinajstić information content (AvgIpc) is 3.03. The zero-order chi connectivity index (χ0) is 19.2. The third-order valence-electron chi connectivity index (χ3n) is 4.88. The molecule has 1 fully saturated rings. The molecule has 0 unspecified atom stereocenters. The Balaban J connectivity index is 1.91. The van der Waals surface area contributed by atoms with Crippen LogP contribution in [-0.4, -0.2) is 23.8 Å². The van der Waals surface area contributed by atoms with Crippen LogP contribution in [0.1, 0.15) is 24.5 Å². The highest BCUT2D eigenvalue weighted by molar-refractivity contribution is 7.25. The molecule has 0 aliphatic carbocycles. The lowest BCUT2D eigenvalue weighted by Crippen LogP contribution is -2.58. The fourth-order valence-corrected chi connectivity index (χ4v) is 4.44. The number of carbonyl (C=O) groups is 1. The zero-order valence-electron chi connectivity index (χ0n) is 14.9. The number of guanidine groups is 1. The topological polar surface area (TPSA) is 80.0 Å². The number of nitrogens with one attached hydrogen (secondary N) is 2. The first-order chi connectivity index (χ1) is 13.0. The number of benzene rings is 2. The van der Waals surface area contributed by atoms with Crippen molar-refractivity contribution < 1.29 is 4.79 Å². The van der Waals surface area contributed by atoms with Crippen molar-refractivity contribution >= 4 is 43.4 Å². The van der Waals surface area contributed by atoms with Gasteiger partial charge in [0, 0.05) is 32.8 Å². The number of nitriles is 1. The molecule has 1 atom stereocenters. The number of amides is 1. The van der Waals surface area contributed by atoms with Gasteiger partial charge in [0.2, 0.25) is 5.91 Å². The lowest BCUT2D eigenvalue weighted by atomic mass is 9.85. The van der Waals surface area contributed by atoms with Gasteiger partial charge in [-0.25, -0.2) is 0 Å². The standard InChI is InChI=1S/C21H16N4OS/c1-3-4-13-5-7-17-15(9-13)16-10-14(6-8-18(16)27-17)21(12-22)11-19(26)25(2)20(23)24-21/h5-10H,11H2,1-2H3,(H2,23,24)/t21-/m1/s1. The van der Waals surface area contributed by atoms with Gasteiger partial charge >= 0.3 is 0 Å². The van der Waals surface area contributed by atoms with Gasteiger partial charge in [-0.3, -0.25) is 15.1 Å². The number of rotatable bonds is 1. The van der Waals surface area contributed by atoms with Crippen LogP contribution < -0.4 is 5.32 Å². The fourth-order valence-electron chi connectivity index (χ4n) is 3.37. The number of hydrogen-bond donors (Lipinski definition) is 2. The van der Waals surface area contributed by atoms with E-state index in [1.165, 1.54) is 11.9 Å². The zero-order valence-corrected chi connectivity index (χ0v) is 15.7. The van der Waals surface area contributed by atoms with Gasteiger partial charge in [0.15, 0.2) is 11.5 Å². The molecule has 3 aromatic rings. The van der Waals surface area contributed by atoms with E-state index in [2.05, 4.69) is 35.4 Å². The monoisotopic (exact) mass is 372 g/mol. The molecule has 6 heteroatoms. The van der Waals surface area contributed by atoms with E-state index >= 15 is 0 Å². The van der Waals surface area contributed by atoms with Crippen LogP contribution in [0, 0.1) is 28.6 Å². The highest BCUT2D eigenvalue weighted by atomic mass is 32.1. The Morgan fingerprint density at radius 1 is 1.22 bits per heavy atom. The lowest BCUT2D eigenvalue weighted by molar-refractivity contribution is -0.129. The minimum atomic E-state index is -1.23. The molecule has 132 valence electrons. The first-order valence-corrected chi connectivity index (χ1v) is 9.23. The summed E-state index contributed by atoms with van der Waals surface area (Å²) in [4.78, 5) is 13.5. The SMILES string of the molecule is CC#Cc1ccc2sc3ccc([C@]4(C#N)CC(=O)N(C)C(=N)N4)cc3c2c1. The van der Waals surface area contributed by atoms with Crippen LogP contribution >= 0.6 is 11.3 Å². The molecule has 1 aromatic heterocycles. The van der Waals surface area contributed by atoms with E-state index in [9.17, 15) is 10.1 Å². The van der Waals surface area contributed by atoms with Crippen LogP contribution in [0.25, 0.3) is 20.2 Å². The number of hydrogen-bond acceptors (Lipinski definition) is 4. The van der Waals surface area contributed by atoms with Gasteiger partial charge in [0.05, 0.1) is 12.5 Å². The Morgan fingerprint density at radius 3 is 2.59 bits per heavy atom. The predicted octanol–water partition coefficient (Wildman–Crippen LogP) is 3.53. The van der Waals surface area contributed by atoms with Crippen molar-refractivity contribution in [2.45, 2.75) is 18.9 Å². The van der Waals surface area contributed by atoms with E-state index in [4.69, 9.17) is 5.41 Å². The van der Waals surface area contributed by atoms with Crippen LogP contribution in [0.4, 0.5) is 0 Å². The third kappa shape index (κ3) is 2.63. The summed E-state index contributed by atoms with van der Waals surface area (Å²) in [5.41, 5.74) is 0.402. The molecule has 0 bridgehead atoms. The highest BCUT2D eigenvalue weighted by Crippen LogP contribution is 2.38. The van der Waals surface area contributed by atoms with Gasteiger partial charge in [-0.15, -0.1) is 17.3 Å². The van der Waals surface area contributed by atoms with Crippen LogP contribution in [0.15, 0.2) is 36.4 Å². The number of nitrogens with zero attached hydrogens (tertiary/aromatic N) is 2. The van der Waals surface area contributed by atoms with Gasteiger partial charge in [0.1, 0.15) is 0 Å². The van der Waals surface area contributed by atoms with Gasteiger partial charge in [-0.1, -0.05) is 12.0 Å². The largest absolute Gasteiger partial charge is 0.334 e. The summed E-state index contributed by atoms with van der Waals surface area (Å²) >= 11 is 1.68. The first kappa shape index (κ1) is 17.1. The molecule has 1 amide bonds. The van der Waals surface area contributed by atoms with Crippen LogP contribution in [0.5, 0.6) is 0 Å². The summed E-state index contributed by atoms with van der Waals surface area (Å²) in [6, 6.07) is 14.2. The number of fused-ring (bicyclic) bond motifs is 3. The van der Waals surface area contributed by atoms with Gasteiger partial charge in [0.25, 0.3) is 0 Å². The molecule has 0 saturated carbocycles. The Morgan fingerprint density at radius 2 is 1.93 bits per heavy atom. The Labute approximate surface area is 160 Å². The van der Waals surface area contributed by atoms with Crippen molar-refractivity contribution in [1.29, 1.82) is 10.7 Å². The molecule has 0 radical (unpaired) electrons. The van der Waals surface area contributed by atoms with E-state index in [0.717, 1.165) is 25.7 Å². The lowest BCUT2D eigenvalue weighted by Gasteiger charge is -2.37. The van der Waals surface area contributed by atoms with Crippen molar-refractivity contribution in [3.63, 3.8) is 0 Å². The first-order valence-electron chi connectivity index (χ1n) is 8.41. The molecular formula is C21H16N4OS. The third-order valence-corrected chi connectivity index (χ3v) is 6.03. The van der Waals surface area contributed by atoms with Crippen molar-refractivity contribution in [1.82, 2.24) is 10.2 Å². The molecule has 2 heterocycles. The molecule has 2 aromatic carbocycles. The maximum Gasteiger partial charge on any atom is 0.232 e. The van der Waals surface area contributed by atoms with Gasteiger partial charge < -0.3 is 5.32 Å². The Kier molecular flexibility index (Phi) is 3.87. The second-order valence-electron chi connectivity index (χ2n) is 6.52. The van der Waals surface area contributed by atoms with E-state index in [1.807, 2.05) is 31.2 Å². The molecule has 1 aliphatic heterocycles. The molecule has 27 heavy (non-hydrogen) atoms. The average molecular weight is 372 g/mol. The van der Waals surface area contributed by atoms with Crippen molar-refractivity contribution in [2.75, 3.05) is 7.05 Å². The fraction of sp³-hybridized carbons (Fsp3) is 0.190. The van der Waals surface area contributed by atoms with E-state index in [1.54, 1.807) is 11.3 Å². The molecule has 4 rings (SSSR count). The second-order valence-corrected chi connectivity index (χ2v) is 7.60. The van der Waals surface area contributed by atoms with Crippen LogP contribution in [0.3, 0.4) is 0 Å². The molecule has 1 aliphatic rings. The Hall–Kier alpha value is -3.35. The summed E-state index contributed by atoms with van der Waals surface area (Å²) in [5.74, 6) is 5.67. The van der Waals surface area contributed by atoms with E-state index in [-0.39, 0.29) is 18.3 Å².